The van der Waals surface area contributed by atoms with Crippen LogP contribution in [0, 0.1) is 5.92 Å². The molecule has 1 aliphatic heterocycles. The van der Waals surface area contributed by atoms with E-state index in [4.69, 9.17) is 5.73 Å². The molecule has 0 unspecified atom stereocenters. The third kappa shape index (κ3) is 6.22. The van der Waals surface area contributed by atoms with Crippen molar-refractivity contribution in [3.8, 4) is 0 Å². The van der Waals surface area contributed by atoms with E-state index < -0.39 is 0 Å². The standard InChI is InChI=1S/C16H31N5O/c1-2-18-16(20-14-5-6-14)19-9-3-4-10-21-11-7-13(8-12-21)15(17)22/h13-14H,2-12H2,1H3,(H2,17,22)(H2,18,19,20). The minimum absolute atomic E-state index is 0.0945. The van der Waals surface area contributed by atoms with Crippen LogP contribution < -0.4 is 16.4 Å². The Morgan fingerprint density at radius 3 is 2.55 bits per heavy atom. The fraction of sp³-hybridized carbons (Fsp3) is 0.875. The predicted octanol–water partition coefficient (Wildman–Crippen LogP) is 0.681. The second-order valence-corrected chi connectivity index (χ2v) is 6.40. The fourth-order valence-corrected chi connectivity index (χ4v) is 2.82. The van der Waals surface area contributed by atoms with Crippen LogP contribution in [0.4, 0.5) is 0 Å². The summed E-state index contributed by atoms with van der Waals surface area (Å²) in [5, 5.41) is 6.73. The molecule has 0 bridgehead atoms. The van der Waals surface area contributed by atoms with Gasteiger partial charge < -0.3 is 21.3 Å². The Hall–Kier alpha value is -1.30. The number of rotatable bonds is 8. The van der Waals surface area contributed by atoms with Crippen LogP contribution in [-0.2, 0) is 4.79 Å². The number of primary amides is 1. The average molecular weight is 309 g/mol. The summed E-state index contributed by atoms with van der Waals surface area (Å²) in [6.45, 7) is 6.99. The molecule has 22 heavy (non-hydrogen) atoms. The van der Waals surface area contributed by atoms with Gasteiger partial charge in [0.1, 0.15) is 0 Å². The molecule has 0 atom stereocenters. The first-order chi connectivity index (χ1) is 10.7. The third-order valence-electron chi connectivity index (χ3n) is 4.40. The molecule has 126 valence electrons. The molecule has 0 aromatic rings. The molecule has 1 heterocycles. The van der Waals surface area contributed by atoms with Crippen LogP contribution in [0.2, 0.25) is 0 Å². The maximum absolute atomic E-state index is 11.1. The van der Waals surface area contributed by atoms with E-state index in [1.165, 1.54) is 12.8 Å². The molecule has 1 saturated heterocycles. The molecule has 2 fully saturated rings. The zero-order chi connectivity index (χ0) is 15.8. The molecule has 4 N–H and O–H groups in total. The highest BCUT2D eigenvalue weighted by molar-refractivity contribution is 5.80. The quantitative estimate of drug-likeness (QED) is 0.350. The highest BCUT2D eigenvalue weighted by Gasteiger charge is 2.23. The Morgan fingerprint density at radius 1 is 1.23 bits per heavy atom. The van der Waals surface area contributed by atoms with Gasteiger partial charge in [0.2, 0.25) is 5.91 Å². The summed E-state index contributed by atoms with van der Waals surface area (Å²) in [5.41, 5.74) is 5.36. The van der Waals surface area contributed by atoms with Crippen LogP contribution >= 0.6 is 0 Å². The monoisotopic (exact) mass is 309 g/mol. The lowest BCUT2D eigenvalue weighted by molar-refractivity contribution is -0.123. The summed E-state index contributed by atoms with van der Waals surface area (Å²) in [6, 6.07) is 0.643. The van der Waals surface area contributed by atoms with E-state index in [1.807, 2.05) is 0 Å². The van der Waals surface area contributed by atoms with Gasteiger partial charge in [-0.1, -0.05) is 0 Å². The number of hydrogen-bond acceptors (Lipinski definition) is 3. The van der Waals surface area contributed by atoms with Gasteiger partial charge in [-0.05, 0) is 65.1 Å². The van der Waals surface area contributed by atoms with Gasteiger partial charge in [0.05, 0.1) is 0 Å². The van der Waals surface area contributed by atoms with E-state index in [0.29, 0.717) is 6.04 Å². The molecule has 1 amide bonds. The molecule has 0 radical (unpaired) electrons. The van der Waals surface area contributed by atoms with Crippen LogP contribution in [0.3, 0.4) is 0 Å². The lowest BCUT2D eigenvalue weighted by atomic mass is 9.96. The average Bonchev–Trinajstić information content (AvgIpc) is 3.31. The van der Waals surface area contributed by atoms with E-state index in [1.54, 1.807) is 0 Å². The number of nitrogens with one attached hydrogen (secondary N) is 2. The van der Waals surface area contributed by atoms with Gasteiger partial charge in [0.15, 0.2) is 5.96 Å². The van der Waals surface area contributed by atoms with Crippen molar-refractivity contribution in [3.63, 3.8) is 0 Å². The Bertz CT molecular complexity index is 373. The molecular weight excluding hydrogens is 278 g/mol. The van der Waals surface area contributed by atoms with Crippen LogP contribution in [0.1, 0.15) is 45.4 Å². The van der Waals surface area contributed by atoms with Crippen molar-refractivity contribution in [3.05, 3.63) is 0 Å². The van der Waals surface area contributed by atoms with Gasteiger partial charge in [-0.15, -0.1) is 0 Å². The first-order valence-electron chi connectivity index (χ1n) is 8.75. The number of piperidine rings is 1. The number of nitrogens with two attached hydrogens (primary N) is 1. The number of guanidine groups is 1. The smallest absolute Gasteiger partial charge is 0.220 e. The molecule has 1 saturated carbocycles. The molecule has 0 aromatic heterocycles. The largest absolute Gasteiger partial charge is 0.369 e. The summed E-state index contributed by atoms with van der Waals surface area (Å²) in [6.07, 6.45) is 6.65. The Labute approximate surface area is 133 Å². The van der Waals surface area contributed by atoms with Gasteiger partial charge in [-0.25, -0.2) is 0 Å². The first-order valence-corrected chi connectivity index (χ1v) is 8.75. The molecule has 6 nitrogen and oxygen atoms in total. The van der Waals surface area contributed by atoms with E-state index in [2.05, 4.69) is 27.4 Å². The van der Waals surface area contributed by atoms with Crippen molar-refractivity contribution in [2.24, 2.45) is 16.6 Å². The normalized spacial score (nSPS) is 20.9. The van der Waals surface area contributed by atoms with E-state index in [-0.39, 0.29) is 11.8 Å². The first kappa shape index (κ1) is 17.1. The maximum Gasteiger partial charge on any atom is 0.220 e. The number of aliphatic imine (C=N–C) groups is 1. The van der Waals surface area contributed by atoms with Crippen molar-refractivity contribution in [1.82, 2.24) is 15.5 Å². The summed E-state index contributed by atoms with van der Waals surface area (Å²) in [4.78, 5) is 18.2. The van der Waals surface area contributed by atoms with Crippen LogP contribution in [0.25, 0.3) is 0 Å². The topological polar surface area (TPSA) is 82.8 Å². The Morgan fingerprint density at radius 2 is 1.95 bits per heavy atom. The lowest BCUT2D eigenvalue weighted by Gasteiger charge is -2.30. The number of carbonyl (C=O) groups excluding carboxylic acids is 1. The van der Waals surface area contributed by atoms with Crippen molar-refractivity contribution in [2.75, 3.05) is 32.7 Å². The number of carbonyl (C=O) groups is 1. The second kappa shape index (κ2) is 8.98. The molecule has 6 heteroatoms. The SMILES string of the molecule is CCNC(=NCCCCN1CCC(C(N)=O)CC1)NC1CC1. The van der Waals surface area contributed by atoms with Crippen LogP contribution in [-0.4, -0.2) is 55.5 Å². The van der Waals surface area contributed by atoms with Gasteiger partial charge >= 0.3 is 0 Å². The molecule has 1 aliphatic carbocycles. The van der Waals surface area contributed by atoms with Gasteiger partial charge in [0, 0.05) is 25.0 Å². The van der Waals surface area contributed by atoms with Crippen molar-refractivity contribution < 1.29 is 4.79 Å². The molecule has 0 aromatic carbocycles. The zero-order valence-corrected chi connectivity index (χ0v) is 13.8. The van der Waals surface area contributed by atoms with Gasteiger partial charge in [0.25, 0.3) is 0 Å². The lowest BCUT2D eigenvalue weighted by Crippen LogP contribution is -2.39. The van der Waals surface area contributed by atoms with Gasteiger partial charge in [-0.3, -0.25) is 9.79 Å². The van der Waals surface area contributed by atoms with Crippen LogP contribution in [0.5, 0.6) is 0 Å². The molecule has 2 aliphatic rings. The number of nitrogens with zero attached hydrogens (tertiary/aromatic N) is 2. The maximum atomic E-state index is 11.1. The van der Waals surface area contributed by atoms with E-state index in [9.17, 15) is 4.79 Å². The minimum Gasteiger partial charge on any atom is -0.369 e. The minimum atomic E-state index is -0.131. The zero-order valence-electron chi connectivity index (χ0n) is 13.8. The Balaban J connectivity index is 1.55. The van der Waals surface area contributed by atoms with Gasteiger partial charge in [-0.2, -0.15) is 0 Å². The van der Waals surface area contributed by atoms with E-state index >= 15 is 0 Å². The van der Waals surface area contributed by atoms with Crippen molar-refractivity contribution >= 4 is 11.9 Å². The number of unbranched alkanes of at least 4 members (excludes halogenated alkanes) is 1. The predicted molar refractivity (Wildman–Crippen MR) is 89.7 cm³/mol. The second-order valence-electron chi connectivity index (χ2n) is 6.40. The molecule has 2 rings (SSSR count). The summed E-state index contributed by atoms with van der Waals surface area (Å²) >= 11 is 0. The number of hydrogen-bond donors (Lipinski definition) is 3. The van der Waals surface area contributed by atoms with Crippen LogP contribution in [0.15, 0.2) is 4.99 Å². The molecule has 0 spiro atoms. The molecular formula is C16H31N5O. The van der Waals surface area contributed by atoms with Crippen molar-refractivity contribution in [1.29, 1.82) is 0 Å². The summed E-state index contributed by atoms with van der Waals surface area (Å²) in [7, 11) is 0. The highest BCUT2D eigenvalue weighted by atomic mass is 16.1. The number of likely N-dealkylation sites (tertiary alicyclic amines) is 1. The summed E-state index contributed by atoms with van der Waals surface area (Å²) in [5.74, 6) is 0.928. The Kier molecular flexibility index (Phi) is 6.96. The third-order valence-corrected chi connectivity index (χ3v) is 4.40. The van der Waals surface area contributed by atoms with Crippen molar-refractivity contribution in [2.45, 2.75) is 51.5 Å². The van der Waals surface area contributed by atoms with E-state index in [0.717, 1.165) is 64.4 Å². The highest BCUT2D eigenvalue weighted by Crippen LogP contribution is 2.18. The number of amides is 1. The fourth-order valence-electron chi connectivity index (χ4n) is 2.82. The summed E-state index contributed by atoms with van der Waals surface area (Å²) < 4.78 is 0.